The van der Waals surface area contributed by atoms with E-state index in [1.54, 1.807) is 0 Å². The number of hydrogen-bond acceptors (Lipinski definition) is 7. The van der Waals surface area contributed by atoms with E-state index >= 15 is 0 Å². The van der Waals surface area contributed by atoms with Crippen LogP contribution in [0.2, 0.25) is 0 Å². The molecule has 9 nitrogen and oxygen atoms in total. The average Bonchev–Trinajstić information content (AvgIpc) is 3.50. The topological polar surface area (TPSA) is 108 Å². The number of nitrogens with zero attached hydrogens (tertiary/aromatic N) is 5. The van der Waals surface area contributed by atoms with Crippen LogP contribution in [-0.2, 0) is 18.3 Å². The van der Waals surface area contributed by atoms with Crippen LogP contribution in [0.15, 0.2) is 42.7 Å². The molecule has 2 aliphatic carbocycles. The zero-order valence-electron chi connectivity index (χ0n) is 28.2. The van der Waals surface area contributed by atoms with Gasteiger partial charge in [0.15, 0.2) is 0 Å². The lowest BCUT2D eigenvalue weighted by Gasteiger charge is -2.36. The number of piperidine rings is 1. The molecule has 6 rings (SSSR count). The lowest BCUT2D eigenvalue weighted by molar-refractivity contribution is -0.143. The number of aromatic nitrogens is 4. The average molecular weight is 628 g/mol. The van der Waals surface area contributed by atoms with Crippen molar-refractivity contribution in [1.29, 1.82) is 0 Å². The molecule has 0 spiro atoms. The first-order chi connectivity index (χ1) is 22.3. The van der Waals surface area contributed by atoms with E-state index in [1.165, 1.54) is 29.5 Å². The number of anilines is 2. The van der Waals surface area contributed by atoms with Gasteiger partial charge < -0.3 is 20.6 Å². The Morgan fingerprint density at radius 3 is 2.50 bits per heavy atom. The summed E-state index contributed by atoms with van der Waals surface area (Å²) in [5, 5.41) is 21.8. The number of aryl methyl sites for hydroxylation is 2. The van der Waals surface area contributed by atoms with Crippen molar-refractivity contribution < 1.29 is 9.90 Å². The summed E-state index contributed by atoms with van der Waals surface area (Å²) >= 11 is 0. The minimum atomic E-state index is -0.654. The molecule has 3 aromatic rings. The minimum Gasteiger partial charge on any atom is -0.481 e. The summed E-state index contributed by atoms with van der Waals surface area (Å²) < 4.78 is 1.89. The Morgan fingerprint density at radius 1 is 1.04 bits per heavy atom. The van der Waals surface area contributed by atoms with Gasteiger partial charge in [0.2, 0.25) is 5.95 Å². The zero-order valence-corrected chi connectivity index (χ0v) is 28.2. The van der Waals surface area contributed by atoms with E-state index in [9.17, 15) is 9.90 Å². The maximum Gasteiger partial charge on any atom is 0.306 e. The first kappa shape index (κ1) is 32.5. The molecule has 5 atom stereocenters. The Morgan fingerprint density at radius 2 is 1.83 bits per heavy atom. The molecule has 1 aliphatic heterocycles. The standard InChI is InChI=1S/C37H53N7O2/c1-5-31(27-13-15-28(16-14-27)36(45)46)40-37-41-32-18-17-30(26-11-7-6-8-12-26)25(3)34(32)35(42-37)39-33(29-20-38-43(4)22-29)23-44-19-9-10-24(2)21-44/h6-8,11-12,20,22,24-25,27-28,30-31,33H,5,9-10,13-19,21,23H2,1-4H3,(H,45,46)(H2,39,40,41,42)/t24-,25-,27?,28?,30-,31-,33+/m1/s1. The van der Waals surface area contributed by atoms with Crippen LogP contribution in [-0.4, -0.2) is 61.4 Å². The number of aliphatic carboxylic acids is 1. The van der Waals surface area contributed by atoms with Crippen LogP contribution in [0.4, 0.5) is 11.8 Å². The third-order valence-electron chi connectivity index (χ3n) is 11.1. The Bertz CT molecular complexity index is 1450. The maximum absolute atomic E-state index is 11.6. The Kier molecular flexibility index (Phi) is 10.3. The lowest BCUT2D eigenvalue weighted by Crippen LogP contribution is -2.39. The van der Waals surface area contributed by atoms with E-state index in [0.717, 1.165) is 76.1 Å². The van der Waals surface area contributed by atoms with Crippen LogP contribution in [0.3, 0.4) is 0 Å². The van der Waals surface area contributed by atoms with Gasteiger partial charge in [-0.2, -0.15) is 10.1 Å². The van der Waals surface area contributed by atoms with Gasteiger partial charge >= 0.3 is 5.97 Å². The van der Waals surface area contributed by atoms with Crippen molar-refractivity contribution in [3.05, 3.63) is 65.1 Å². The summed E-state index contributed by atoms with van der Waals surface area (Å²) in [5.74, 6) is 2.55. The van der Waals surface area contributed by atoms with Gasteiger partial charge in [-0.15, -0.1) is 0 Å². The molecule has 0 amide bonds. The summed E-state index contributed by atoms with van der Waals surface area (Å²) in [6, 6.07) is 11.2. The van der Waals surface area contributed by atoms with Crippen molar-refractivity contribution in [2.45, 2.75) is 102 Å². The van der Waals surface area contributed by atoms with Gasteiger partial charge in [-0.05, 0) is 93.6 Å². The molecule has 2 fully saturated rings. The van der Waals surface area contributed by atoms with Crippen LogP contribution in [0.25, 0.3) is 0 Å². The highest BCUT2D eigenvalue weighted by Crippen LogP contribution is 2.45. The minimum absolute atomic E-state index is 0.0448. The van der Waals surface area contributed by atoms with E-state index in [1.807, 2.05) is 17.9 Å². The molecule has 1 saturated carbocycles. The number of rotatable bonds is 11. The highest BCUT2D eigenvalue weighted by Gasteiger charge is 2.35. The zero-order chi connectivity index (χ0) is 32.2. The molecule has 3 N–H and O–H groups in total. The number of benzene rings is 1. The van der Waals surface area contributed by atoms with Gasteiger partial charge in [0.05, 0.1) is 23.9 Å². The fourth-order valence-corrected chi connectivity index (χ4v) is 8.48. The fourth-order valence-electron chi connectivity index (χ4n) is 8.48. The second-order valence-corrected chi connectivity index (χ2v) is 14.4. The molecule has 0 unspecified atom stereocenters. The second kappa shape index (κ2) is 14.5. The smallest absolute Gasteiger partial charge is 0.306 e. The molecule has 9 heteroatoms. The van der Waals surface area contributed by atoms with Crippen LogP contribution in [0.1, 0.15) is 112 Å². The van der Waals surface area contributed by atoms with Gasteiger partial charge in [-0.1, -0.05) is 51.1 Å². The number of carboxylic acid groups (broad SMARTS) is 1. The quantitative estimate of drug-likeness (QED) is 0.208. The molecule has 0 radical (unpaired) electrons. The molecule has 2 aromatic heterocycles. The number of nitrogens with one attached hydrogen (secondary N) is 2. The molecule has 3 aliphatic rings. The highest BCUT2D eigenvalue weighted by molar-refractivity contribution is 5.70. The number of carbonyl (C=O) groups is 1. The van der Waals surface area contributed by atoms with E-state index in [-0.39, 0.29) is 23.9 Å². The summed E-state index contributed by atoms with van der Waals surface area (Å²) in [6.45, 7) is 10.1. The molecule has 46 heavy (non-hydrogen) atoms. The molecule has 3 heterocycles. The number of fused-ring (bicyclic) bond motifs is 1. The molecule has 0 bridgehead atoms. The Hall–Kier alpha value is -3.46. The van der Waals surface area contributed by atoms with Crippen molar-refractivity contribution in [3.8, 4) is 0 Å². The molecule has 1 aromatic carbocycles. The molecule has 248 valence electrons. The molecular formula is C37H53N7O2. The third kappa shape index (κ3) is 7.40. The van der Waals surface area contributed by atoms with Crippen LogP contribution >= 0.6 is 0 Å². The largest absolute Gasteiger partial charge is 0.481 e. The first-order valence-corrected chi connectivity index (χ1v) is 17.7. The Balaban J connectivity index is 1.33. The van der Waals surface area contributed by atoms with Crippen molar-refractivity contribution in [2.75, 3.05) is 30.3 Å². The van der Waals surface area contributed by atoms with Gasteiger partial charge in [0, 0.05) is 43.5 Å². The Labute approximate surface area is 274 Å². The van der Waals surface area contributed by atoms with Crippen molar-refractivity contribution in [1.82, 2.24) is 24.6 Å². The fraction of sp³-hybridized carbons (Fsp3) is 0.622. The summed E-state index contributed by atoms with van der Waals surface area (Å²) in [6.07, 6.45) is 12.9. The SMILES string of the molecule is CC[C@@H](Nc1nc2c(c(N[C@@H](CN3CCC[C@@H](C)C3)c3cnn(C)c3)n1)[C@H](C)[C@H](c1ccccc1)CC2)C1CCC(C(=O)O)CC1. The van der Waals surface area contributed by atoms with Crippen LogP contribution in [0, 0.1) is 17.8 Å². The van der Waals surface area contributed by atoms with Crippen LogP contribution in [0.5, 0.6) is 0 Å². The summed E-state index contributed by atoms with van der Waals surface area (Å²) in [4.78, 5) is 24.7. The van der Waals surface area contributed by atoms with E-state index in [4.69, 9.17) is 9.97 Å². The lowest BCUT2D eigenvalue weighted by atomic mass is 9.74. The number of carboxylic acids is 1. The first-order valence-electron chi connectivity index (χ1n) is 17.7. The normalized spacial score (nSPS) is 26.6. The van der Waals surface area contributed by atoms with Gasteiger partial charge in [-0.3, -0.25) is 9.48 Å². The van der Waals surface area contributed by atoms with Crippen molar-refractivity contribution >= 4 is 17.7 Å². The van der Waals surface area contributed by atoms with E-state index in [2.05, 4.69) is 77.9 Å². The van der Waals surface area contributed by atoms with E-state index < -0.39 is 5.97 Å². The predicted octanol–water partition coefficient (Wildman–Crippen LogP) is 7.01. The van der Waals surface area contributed by atoms with E-state index in [0.29, 0.717) is 23.7 Å². The number of hydrogen-bond donors (Lipinski definition) is 3. The maximum atomic E-state index is 11.6. The van der Waals surface area contributed by atoms with Crippen molar-refractivity contribution in [3.63, 3.8) is 0 Å². The molecular weight excluding hydrogens is 574 g/mol. The highest BCUT2D eigenvalue weighted by atomic mass is 16.4. The predicted molar refractivity (Wildman–Crippen MR) is 183 cm³/mol. The monoisotopic (exact) mass is 627 g/mol. The van der Waals surface area contributed by atoms with Crippen LogP contribution < -0.4 is 10.6 Å². The number of likely N-dealkylation sites (tertiary alicyclic amines) is 1. The van der Waals surface area contributed by atoms with Gasteiger partial charge in [0.25, 0.3) is 0 Å². The van der Waals surface area contributed by atoms with Gasteiger partial charge in [-0.25, -0.2) is 4.98 Å². The summed E-state index contributed by atoms with van der Waals surface area (Å²) in [5.41, 5.74) is 4.93. The second-order valence-electron chi connectivity index (χ2n) is 14.4. The van der Waals surface area contributed by atoms with Gasteiger partial charge in [0.1, 0.15) is 5.82 Å². The molecule has 1 saturated heterocycles. The summed E-state index contributed by atoms with van der Waals surface area (Å²) in [7, 11) is 1.99. The van der Waals surface area contributed by atoms with Crippen molar-refractivity contribution in [2.24, 2.45) is 24.8 Å². The third-order valence-corrected chi connectivity index (χ3v) is 11.1.